The van der Waals surface area contributed by atoms with Gasteiger partial charge < -0.3 is 10.5 Å². The summed E-state index contributed by atoms with van der Waals surface area (Å²) < 4.78 is 5.39. The van der Waals surface area contributed by atoms with E-state index in [4.69, 9.17) is 10.5 Å². The maximum atomic E-state index is 12.1. The first kappa shape index (κ1) is 13.4. The standard InChI is InChI=1S/C16H19NO2/c1-3-6-11(2)19-16(18)14-9-12-7-4-5-8-13(12)10-15(14)17/h4-5,7-11H,3,6,17H2,1-2H3. The summed E-state index contributed by atoms with van der Waals surface area (Å²) in [4.78, 5) is 12.1. The van der Waals surface area contributed by atoms with Crippen LogP contribution in [0.3, 0.4) is 0 Å². The van der Waals surface area contributed by atoms with Gasteiger partial charge in [0.25, 0.3) is 0 Å². The molecule has 0 saturated carbocycles. The van der Waals surface area contributed by atoms with Gasteiger partial charge in [0, 0.05) is 5.69 Å². The molecule has 0 amide bonds. The number of rotatable bonds is 4. The second kappa shape index (κ2) is 5.74. The minimum absolute atomic E-state index is 0.0802. The first-order valence-corrected chi connectivity index (χ1v) is 6.61. The Labute approximate surface area is 113 Å². The molecule has 0 aliphatic heterocycles. The Balaban J connectivity index is 2.29. The Morgan fingerprint density at radius 2 is 1.89 bits per heavy atom. The summed E-state index contributed by atoms with van der Waals surface area (Å²) in [5.74, 6) is -0.343. The van der Waals surface area contributed by atoms with E-state index < -0.39 is 0 Å². The van der Waals surface area contributed by atoms with Crippen molar-refractivity contribution in [1.82, 2.24) is 0 Å². The summed E-state index contributed by atoms with van der Waals surface area (Å²) in [7, 11) is 0. The zero-order chi connectivity index (χ0) is 13.8. The molecule has 3 nitrogen and oxygen atoms in total. The maximum Gasteiger partial charge on any atom is 0.340 e. The lowest BCUT2D eigenvalue weighted by Crippen LogP contribution is -2.16. The lowest BCUT2D eigenvalue weighted by Gasteiger charge is -2.13. The lowest BCUT2D eigenvalue weighted by atomic mass is 10.1. The number of hydrogen-bond acceptors (Lipinski definition) is 3. The van der Waals surface area contributed by atoms with Crippen molar-refractivity contribution in [2.45, 2.75) is 32.8 Å². The molecule has 100 valence electrons. The number of fused-ring (bicyclic) bond motifs is 1. The quantitative estimate of drug-likeness (QED) is 0.670. The molecule has 1 atom stereocenters. The summed E-state index contributed by atoms with van der Waals surface area (Å²) in [5, 5.41) is 2.02. The molecular weight excluding hydrogens is 238 g/mol. The van der Waals surface area contributed by atoms with Crippen LogP contribution in [0.25, 0.3) is 10.8 Å². The minimum atomic E-state index is -0.343. The van der Waals surface area contributed by atoms with E-state index in [1.54, 1.807) is 6.07 Å². The third-order valence-corrected chi connectivity index (χ3v) is 3.14. The van der Waals surface area contributed by atoms with Crippen molar-refractivity contribution in [2.24, 2.45) is 0 Å². The molecule has 0 fully saturated rings. The van der Waals surface area contributed by atoms with Crippen LogP contribution in [0.5, 0.6) is 0 Å². The van der Waals surface area contributed by atoms with Crippen LogP contribution in [0.1, 0.15) is 37.0 Å². The van der Waals surface area contributed by atoms with Crippen LogP contribution in [0.4, 0.5) is 5.69 Å². The van der Waals surface area contributed by atoms with Gasteiger partial charge in [-0.3, -0.25) is 0 Å². The van der Waals surface area contributed by atoms with Crippen molar-refractivity contribution in [3.8, 4) is 0 Å². The van der Waals surface area contributed by atoms with E-state index in [0.717, 1.165) is 23.6 Å². The Hall–Kier alpha value is -2.03. The largest absolute Gasteiger partial charge is 0.459 e. The van der Waals surface area contributed by atoms with Crippen molar-refractivity contribution < 1.29 is 9.53 Å². The molecule has 1 unspecified atom stereocenters. The van der Waals surface area contributed by atoms with Gasteiger partial charge in [0.1, 0.15) is 0 Å². The molecule has 2 aromatic rings. The molecule has 2 aromatic carbocycles. The van der Waals surface area contributed by atoms with Crippen LogP contribution in [-0.2, 0) is 4.74 Å². The smallest absolute Gasteiger partial charge is 0.340 e. The molecule has 0 aliphatic carbocycles. The van der Waals surface area contributed by atoms with Crippen LogP contribution < -0.4 is 5.73 Å². The average molecular weight is 257 g/mol. The topological polar surface area (TPSA) is 52.3 Å². The second-order valence-corrected chi connectivity index (χ2v) is 4.79. The van der Waals surface area contributed by atoms with E-state index in [-0.39, 0.29) is 12.1 Å². The highest BCUT2D eigenvalue weighted by Crippen LogP contribution is 2.23. The highest BCUT2D eigenvalue weighted by molar-refractivity contribution is 6.01. The molecule has 0 bridgehead atoms. The van der Waals surface area contributed by atoms with Crippen molar-refractivity contribution in [1.29, 1.82) is 0 Å². The zero-order valence-corrected chi connectivity index (χ0v) is 11.3. The van der Waals surface area contributed by atoms with E-state index in [0.29, 0.717) is 11.3 Å². The van der Waals surface area contributed by atoms with Gasteiger partial charge in [-0.1, -0.05) is 37.6 Å². The van der Waals surface area contributed by atoms with E-state index in [1.807, 2.05) is 37.3 Å². The molecule has 0 radical (unpaired) electrons. The summed E-state index contributed by atoms with van der Waals surface area (Å²) in [6.45, 7) is 3.97. The van der Waals surface area contributed by atoms with Gasteiger partial charge >= 0.3 is 5.97 Å². The van der Waals surface area contributed by atoms with E-state index in [2.05, 4.69) is 6.92 Å². The van der Waals surface area contributed by atoms with Gasteiger partial charge in [-0.2, -0.15) is 0 Å². The van der Waals surface area contributed by atoms with Gasteiger partial charge in [-0.25, -0.2) is 4.79 Å². The predicted molar refractivity (Wildman–Crippen MR) is 78.1 cm³/mol. The molecule has 0 aliphatic rings. The molecule has 0 heterocycles. The number of hydrogen-bond donors (Lipinski definition) is 1. The van der Waals surface area contributed by atoms with Crippen molar-refractivity contribution >= 4 is 22.4 Å². The number of carbonyl (C=O) groups excluding carboxylic acids is 1. The lowest BCUT2D eigenvalue weighted by molar-refractivity contribution is 0.0325. The van der Waals surface area contributed by atoms with Crippen LogP contribution in [0.15, 0.2) is 36.4 Å². The molecule has 0 saturated heterocycles. The first-order chi connectivity index (χ1) is 9.11. The SMILES string of the molecule is CCCC(C)OC(=O)c1cc2ccccc2cc1N. The van der Waals surface area contributed by atoms with Crippen molar-refractivity contribution in [2.75, 3.05) is 5.73 Å². The number of anilines is 1. The molecule has 0 spiro atoms. The minimum Gasteiger partial charge on any atom is -0.459 e. The van der Waals surface area contributed by atoms with Gasteiger partial charge in [-0.15, -0.1) is 0 Å². The Morgan fingerprint density at radius 3 is 2.53 bits per heavy atom. The third-order valence-electron chi connectivity index (χ3n) is 3.14. The third kappa shape index (κ3) is 3.05. The summed E-state index contributed by atoms with van der Waals surface area (Å²) >= 11 is 0. The molecule has 2 rings (SSSR count). The van der Waals surface area contributed by atoms with E-state index in [1.165, 1.54) is 0 Å². The Kier molecular flexibility index (Phi) is 4.05. The number of nitrogen functional groups attached to an aromatic ring is 1. The number of ether oxygens (including phenoxy) is 1. The van der Waals surface area contributed by atoms with E-state index >= 15 is 0 Å². The molecular formula is C16H19NO2. The normalized spacial score (nSPS) is 12.3. The zero-order valence-electron chi connectivity index (χ0n) is 11.3. The molecule has 3 heteroatoms. The number of nitrogens with two attached hydrogens (primary N) is 1. The molecule has 2 N–H and O–H groups in total. The second-order valence-electron chi connectivity index (χ2n) is 4.79. The van der Waals surface area contributed by atoms with Crippen LogP contribution in [0, 0.1) is 0 Å². The summed E-state index contributed by atoms with van der Waals surface area (Å²) in [6.07, 6.45) is 1.77. The van der Waals surface area contributed by atoms with Gasteiger partial charge in [0.05, 0.1) is 11.7 Å². The Morgan fingerprint density at radius 1 is 1.26 bits per heavy atom. The fraction of sp³-hybridized carbons (Fsp3) is 0.312. The fourth-order valence-electron chi connectivity index (χ4n) is 2.15. The van der Waals surface area contributed by atoms with E-state index in [9.17, 15) is 4.79 Å². The molecule has 19 heavy (non-hydrogen) atoms. The number of esters is 1. The highest BCUT2D eigenvalue weighted by Gasteiger charge is 2.15. The van der Waals surface area contributed by atoms with Crippen LogP contribution >= 0.6 is 0 Å². The van der Waals surface area contributed by atoms with Gasteiger partial charge in [0.15, 0.2) is 0 Å². The van der Waals surface area contributed by atoms with Crippen LogP contribution in [0.2, 0.25) is 0 Å². The van der Waals surface area contributed by atoms with Crippen molar-refractivity contribution in [3.63, 3.8) is 0 Å². The summed E-state index contributed by atoms with van der Waals surface area (Å²) in [6, 6.07) is 11.4. The Bertz CT molecular complexity index is 592. The molecule has 0 aromatic heterocycles. The number of carbonyl (C=O) groups is 1. The fourth-order valence-corrected chi connectivity index (χ4v) is 2.15. The van der Waals surface area contributed by atoms with Gasteiger partial charge in [0.2, 0.25) is 0 Å². The monoisotopic (exact) mass is 257 g/mol. The van der Waals surface area contributed by atoms with Gasteiger partial charge in [-0.05, 0) is 36.2 Å². The first-order valence-electron chi connectivity index (χ1n) is 6.61. The summed E-state index contributed by atoms with van der Waals surface area (Å²) in [5.41, 5.74) is 6.85. The highest BCUT2D eigenvalue weighted by atomic mass is 16.5. The van der Waals surface area contributed by atoms with Crippen LogP contribution in [-0.4, -0.2) is 12.1 Å². The van der Waals surface area contributed by atoms with Crippen molar-refractivity contribution in [3.05, 3.63) is 42.0 Å². The number of benzene rings is 2. The maximum absolute atomic E-state index is 12.1. The average Bonchev–Trinajstić information content (AvgIpc) is 2.38. The predicted octanol–water partition coefficient (Wildman–Crippen LogP) is 3.77.